The summed E-state index contributed by atoms with van der Waals surface area (Å²) in [6, 6.07) is 4.07. The number of benzene rings is 1. The molecule has 5 heteroatoms. The van der Waals surface area contributed by atoms with E-state index in [4.69, 9.17) is 11.6 Å². The molecule has 1 fully saturated rings. The quantitative estimate of drug-likeness (QED) is 0.835. The van der Waals surface area contributed by atoms with Crippen LogP contribution in [0.4, 0.5) is 10.1 Å². The largest absolute Gasteiger partial charge is 0.321 e. The van der Waals surface area contributed by atoms with Crippen molar-refractivity contribution in [2.24, 2.45) is 0 Å². The van der Waals surface area contributed by atoms with E-state index < -0.39 is 5.82 Å². The van der Waals surface area contributed by atoms with Gasteiger partial charge in [0.2, 0.25) is 5.91 Å². The molecule has 3 nitrogen and oxygen atoms in total. The molecule has 1 aromatic rings. The molecule has 0 aliphatic carbocycles. The van der Waals surface area contributed by atoms with Gasteiger partial charge >= 0.3 is 0 Å². The Balaban J connectivity index is 2.11. The summed E-state index contributed by atoms with van der Waals surface area (Å²) in [5, 5.41) is 5.76. The van der Waals surface area contributed by atoms with Gasteiger partial charge in [-0.2, -0.15) is 0 Å². The van der Waals surface area contributed by atoms with Crippen molar-refractivity contribution in [1.29, 1.82) is 0 Å². The van der Waals surface area contributed by atoms with E-state index in [0.29, 0.717) is 0 Å². The van der Waals surface area contributed by atoms with E-state index in [9.17, 15) is 9.18 Å². The smallest absolute Gasteiger partial charge is 0.241 e. The molecule has 1 unspecified atom stereocenters. The minimum atomic E-state index is -0.515. The molecule has 1 aliphatic heterocycles. The van der Waals surface area contributed by atoms with Crippen molar-refractivity contribution in [3.63, 3.8) is 0 Å². The first-order valence-electron chi connectivity index (χ1n) is 5.17. The molecule has 1 heterocycles. The van der Waals surface area contributed by atoms with Gasteiger partial charge in [0.1, 0.15) is 5.82 Å². The van der Waals surface area contributed by atoms with E-state index in [0.717, 1.165) is 19.4 Å². The Hall–Kier alpha value is -1.13. The molecule has 2 N–H and O–H groups in total. The molecule has 0 aromatic heterocycles. The van der Waals surface area contributed by atoms with E-state index >= 15 is 0 Å². The molecule has 86 valence electrons. The van der Waals surface area contributed by atoms with Gasteiger partial charge in [0.15, 0.2) is 0 Å². The highest BCUT2D eigenvalue weighted by molar-refractivity contribution is 6.33. The lowest BCUT2D eigenvalue weighted by atomic mass is 10.2. The van der Waals surface area contributed by atoms with E-state index in [1.807, 2.05) is 0 Å². The van der Waals surface area contributed by atoms with E-state index in [2.05, 4.69) is 10.6 Å². The Morgan fingerprint density at radius 2 is 2.38 bits per heavy atom. The van der Waals surface area contributed by atoms with Crippen LogP contribution in [0.1, 0.15) is 12.8 Å². The fourth-order valence-corrected chi connectivity index (χ4v) is 1.95. The molecule has 16 heavy (non-hydrogen) atoms. The van der Waals surface area contributed by atoms with Crippen LogP contribution in [0.5, 0.6) is 0 Å². The van der Waals surface area contributed by atoms with Gasteiger partial charge in [0, 0.05) is 0 Å². The molecule has 0 radical (unpaired) electrons. The highest BCUT2D eigenvalue weighted by atomic mass is 35.5. The van der Waals surface area contributed by atoms with Crippen molar-refractivity contribution in [2.45, 2.75) is 18.9 Å². The summed E-state index contributed by atoms with van der Waals surface area (Å²) in [7, 11) is 0. The number of halogens is 2. The van der Waals surface area contributed by atoms with Crippen LogP contribution < -0.4 is 10.6 Å². The fraction of sp³-hybridized carbons (Fsp3) is 0.364. The highest BCUT2D eigenvalue weighted by Crippen LogP contribution is 2.25. The van der Waals surface area contributed by atoms with Gasteiger partial charge in [-0.3, -0.25) is 4.79 Å². The Kier molecular flexibility index (Phi) is 3.41. The lowest BCUT2D eigenvalue weighted by Gasteiger charge is -2.12. The van der Waals surface area contributed by atoms with Crippen LogP contribution in [0.25, 0.3) is 0 Å². The maximum Gasteiger partial charge on any atom is 0.241 e. The zero-order valence-corrected chi connectivity index (χ0v) is 9.35. The Morgan fingerprint density at radius 1 is 1.56 bits per heavy atom. The Labute approximate surface area is 98.0 Å². The number of anilines is 1. The molecule has 1 aromatic carbocycles. The third-order valence-electron chi connectivity index (χ3n) is 2.59. The minimum Gasteiger partial charge on any atom is -0.321 e. The van der Waals surface area contributed by atoms with Crippen LogP contribution in [0, 0.1) is 5.82 Å². The number of carbonyl (C=O) groups excluding carboxylic acids is 1. The molecule has 1 saturated heterocycles. The summed E-state index contributed by atoms with van der Waals surface area (Å²) < 4.78 is 13.4. The molecule has 2 rings (SSSR count). The van der Waals surface area contributed by atoms with Crippen LogP contribution in [-0.4, -0.2) is 18.5 Å². The van der Waals surface area contributed by atoms with Crippen LogP contribution >= 0.6 is 11.6 Å². The van der Waals surface area contributed by atoms with E-state index in [1.165, 1.54) is 12.1 Å². The lowest BCUT2D eigenvalue weighted by molar-refractivity contribution is -0.117. The highest BCUT2D eigenvalue weighted by Gasteiger charge is 2.23. The number of hydrogen-bond acceptors (Lipinski definition) is 2. The number of hydrogen-bond donors (Lipinski definition) is 2. The fourth-order valence-electron chi connectivity index (χ4n) is 1.74. The summed E-state index contributed by atoms with van der Waals surface area (Å²) >= 11 is 5.81. The minimum absolute atomic E-state index is 0.0582. The van der Waals surface area contributed by atoms with Gasteiger partial charge in [-0.15, -0.1) is 0 Å². The van der Waals surface area contributed by atoms with E-state index in [-0.39, 0.29) is 22.7 Å². The molecule has 1 amide bonds. The van der Waals surface area contributed by atoms with Crippen LogP contribution in [0.3, 0.4) is 0 Å². The normalized spacial score (nSPS) is 19.8. The van der Waals surface area contributed by atoms with Crippen molar-refractivity contribution < 1.29 is 9.18 Å². The zero-order valence-electron chi connectivity index (χ0n) is 8.59. The van der Waals surface area contributed by atoms with Crippen molar-refractivity contribution in [2.75, 3.05) is 11.9 Å². The first-order valence-corrected chi connectivity index (χ1v) is 5.54. The first kappa shape index (κ1) is 11.4. The molecule has 0 bridgehead atoms. The number of amides is 1. The number of nitrogens with one attached hydrogen (secondary N) is 2. The monoisotopic (exact) mass is 242 g/mol. The molecule has 1 aliphatic rings. The number of carbonyl (C=O) groups is 1. The van der Waals surface area contributed by atoms with Gasteiger partial charge in [-0.05, 0) is 31.5 Å². The van der Waals surface area contributed by atoms with Crippen molar-refractivity contribution in [3.8, 4) is 0 Å². The average Bonchev–Trinajstić information content (AvgIpc) is 2.76. The maximum absolute atomic E-state index is 13.4. The summed E-state index contributed by atoms with van der Waals surface area (Å²) in [6.07, 6.45) is 1.74. The summed E-state index contributed by atoms with van der Waals surface area (Å²) in [5.41, 5.74) is 0.0582. The van der Waals surface area contributed by atoms with Gasteiger partial charge in [-0.25, -0.2) is 4.39 Å². The average molecular weight is 243 g/mol. The third kappa shape index (κ3) is 2.33. The third-order valence-corrected chi connectivity index (χ3v) is 2.90. The maximum atomic E-state index is 13.4. The van der Waals surface area contributed by atoms with Crippen molar-refractivity contribution in [3.05, 3.63) is 29.0 Å². The van der Waals surface area contributed by atoms with Crippen LogP contribution in [0.15, 0.2) is 18.2 Å². The van der Waals surface area contributed by atoms with Crippen LogP contribution in [-0.2, 0) is 4.79 Å². The van der Waals surface area contributed by atoms with Gasteiger partial charge < -0.3 is 10.6 Å². The second-order valence-corrected chi connectivity index (χ2v) is 4.14. The Morgan fingerprint density at radius 3 is 3.00 bits per heavy atom. The second-order valence-electron chi connectivity index (χ2n) is 3.73. The predicted octanol–water partition coefficient (Wildman–Crippen LogP) is 2.17. The van der Waals surface area contributed by atoms with Crippen LogP contribution in [0.2, 0.25) is 5.02 Å². The molecule has 1 atom stereocenters. The summed E-state index contributed by atoms with van der Waals surface area (Å²) in [6.45, 7) is 0.823. The SMILES string of the molecule is O=C(Nc1c(F)cccc1Cl)C1CCCN1. The molecule has 0 spiro atoms. The van der Waals surface area contributed by atoms with Gasteiger partial charge in [0.05, 0.1) is 16.8 Å². The second kappa shape index (κ2) is 4.80. The van der Waals surface area contributed by atoms with Crippen molar-refractivity contribution in [1.82, 2.24) is 5.32 Å². The number of para-hydroxylation sites is 1. The molecular formula is C11H12ClFN2O. The van der Waals surface area contributed by atoms with Gasteiger partial charge in [0.25, 0.3) is 0 Å². The molecular weight excluding hydrogens is 231 g/mol. The first-order chi connectivity index (χ1) is 7.68. The van der Waals surface area contributed by atoms with Crippen molar-refractivity contribution >= 4 is 23.2 Å². The summed E-state index contributed by atoms with van der Waals surface area (Å²) in [4.78, 5) is 11.7. The summed E-state index contributed by atoms with van der Waals surface area (Å²) in [5.74, 6) is -0.747. The zero-order chi connectivity index (χ0) is 11.5. The van der Waals surface area contributed by atoms with Gasteiger partial charge in [-0.1, -0.05) is 17.7 Å². The number of rotatable bonds is 2. The standard InChI is InChI=1S/C11H12ClFN2O/c12-7-3-1-4-8(13)10(7)15-11(16)9-5-2-6-14-9/h1,3-4,9,14H,2,5-6H2,(H,15,16). The topological polar surface area (TPSA) is 41.1 Å². The predicted molar refractivity (Wildman–Crippen MR) is 61.1 cm³/mol. The molecule has 0 saturated carbocycles. The lowest BCUT2D eigenvalue weighted by Crippen LogP contribution is -2.35. The Bertz CT molecular complexity index is 385. The van der Waals surface area contributed by atoms with E-state index in [1.54, 1.807) is 6.07 Å².